The van der Waals surface area contributed by atoms with Crippen LogP contribution < -0.4 is 0 Å². The number of carbonyl (C=O) groups is 1. The number of methoxy groups -OCH3 is 1. The minimum atomic E-state index is -3.37. The lowest BCUT2D eigenvalue weighted by molar-refractivity contribution is -0.140. The molecule has 0 aliphatic heterocycles. The fourth-order valence-electron chi connectivity index (χ4n) is 1.41. The van der Waals surface area contributed by atoms with E-state index in [2.05, 4.69) is 4.74 Å². The molecule has 0 atom stereocenters. The molecule has 0 aliphatic rings. The lowest BCUT2D eigenvalue weighted by Gasteiger charge is -2.27. The maximum Gasteiger partial charge on any atom is 0.344 e. The molecule has 0 amide bonds. The number of hydrogen-bond donors (Lipinski definition) is 0. The molecule has 0 aromatic heterocycles. The van der Waals surface area contributed by atoms with Crippen LogP contribution in [0.3, 0.4) is 0 Å². The Morgan fingerprint density at radius 1 is 0.857 bits per heavy atom. The summed E-state index contributed by atoms with van der Waals surface area (Å²) in [5.74, 6) is -0.450. The van der Waals surface area contributed by atoms with Crippen molar-refractivity contribution in [2.45, 2.75) is 6.42 Å². The molecule has 0 unspecified atom stereocenters. The molecule has 126 valence electrons. The van der Waals surface area contributed by atoms with Crippen LogP contribution in [0.5, 0.6) is 0 Å². The Labute approximate surface area is 124 Å². The molecule has 0 rings (SSSR count). The third kappa shape index (κ3) is 7.51. The van der Waals surface area contributed by atoms with Crippen LogP contribution in [-0.4, -0.2) is 65.5 Å². The van der Waals surface area contributed by atoms with Crippen LogP contribution in [0.1, 0.15) is 6.42 Å². The maximum absolute atomic E-state index is 12.2. The van der Waals surface area contributed by atoms with E-state index in [4.69, 9.17) is 18.1 Å². The second-order valence-electron chi connectivity index (χ2n) is 3.96. The van der Waals surface area contributed by atoms with Gasteiger partial charge in [0.2, 0.25) is 0 Å². The van der Waals surface area contributed by atoms with Crippen molar-refractivity contribution in [1.82, 2.24) is 4.90 Å². The fourth-order valence-corrected chi connectivity index (χ4v) is 3.79. The molecule has 0 aromatic rings. The molecule has 0 spiro atoms. The average molecular weight is 347 g/mol. The van der Waals surface area contributed by atoms with Crippen molar-refractivity contribution in [2.24, 2.45) is 0 Å². The molecule has 0 saturated carbocycles. The summed E-state index contributed by atoms with van der Waals surface area (Å²) in [7, 11) is -0.501. The quantitative estimate of drug-likeness (QED) is 0.408. The van der Waals surface area contributed by atoms with Gasteiger partial charge in [-0.05, 0) is 0 Å². The van der Waals surface area contributed by atoms with Gasteiger partial charge in [0.05, 0.1) is 13.5 Å². The van der Waals surface area contributed by atoms with Gasteiger partial charge in [-0.1, -0.05) is 0 Å². The minimum Gasteiger partial charge on any atom is -0.469 e. The van der Waals surface area contributed by atoms with Crippen LogP contribution >= 0.6 is 15.2 Å². The number of ether oxygens (including phenoxy) is 1. The molecule has 0 aromatic carbocycles. The van der Waals surface area contributed by atoms with E-state index >= 15 is 0 Å². The Morgan fingerprint density at radius 2 is 1.24 bits per heavy atom. The molecule has 11 heteroatoms. The molecule has 0 N–H and O–H groups in total. The summed E-state index contributed by atoms with van der Waals surface area (Å²) in [5.41, 5.74) is 0. The lowest BCUT2D eigenvalue weighted by Crippen LogP contribution is -2.30. The summed E-state index contributed by atoms with van der Waals surface area (Å²) in [6.45, 7) is 0.139. The molecular weight excluding hydrogens is 324 g/mol. The second-order valence-corrected chi connectivity index (χ2v) is 8.43. The summed E-state index contributed by atoms with van der Waals surface area (Å²) < 4.78 is 48.2. The van der Waals surface area contributed by atoms with E-state index in [0.29, 0.717) is 0 Å². The van der Waals surface area contributed by atoms with Crippen LogP contribution in [0.2, 0.25) is 0 Å². The van der Waals surface area contributed by atoms with Gasteiger partial charge in [-0.2, -0.15) is 0 Å². The lowest BCUT2D eigenvalue weighted by atomic mass is 10.4. The first-order chi connectivity index (χ1) is 9.78. The highest BCUT2D eigenvalue weighted by molar-refractivity contribution is 7.54. The Bertz CT molecular complexity index is 372. The van der Waals surface area contributed by atoms with Gasteiger partial charge in [-0.3, -0.25) is 18.8 Å². The van der Waals surface area contributed by atoms with Crippen LogP contribution in [-0.2, 0) is 36.8 Å². The number of carbonyl (C=O) groups excluding carboxylic acids is 1. The molecular formula is C10H23NO8P2. The first kappa shape index (κ1) is 20.7. The number of hydrogen-bond acceptors (Lipinski definition) is 9. The summed E-state index contributed by atoms with van der Waals surface area (Å²) in [6.07, 6.45) is -0.293. The molecule has 0 heterocycles. The van der Waals surface area contributed by atoms with E-state index in [9.17, 15) is 13.9 Å². The highest BCUT2D eigenvalue weighted by Crippen LogP contribution is 2.51. The predicted molar refractivity (Wildman–Crippen MR) is 76.3 cm³/mol. The standard InChI is InChI=1S/C10H23NO8P2/c1-15-10(12)6-7-11(8-20(13,16-2)17-3)9-21(14,18-4)19-5/h6-9H2,1-5H3. The summed E-state index contributed by atoms with van der Waals surface area (Å²) in [6, 6.07) is 0. The van der Waals surface area contributed by atoms with Crippen molar-refractivity contribution in [3.8, 4) is 0 Å². The molecule has 0 aliphatic carbocycles. The molecule has 0 radical (unpaired) electrons. The van der Waals surface area contributed by atoms with E-state index in [0.717, 1.165) is 0 Å². The highest BCUT2D eigenvalue weighted by atomic mass is 31.2. The van der Waals surface area contributed by atoms with E-state index in [-0.39, 0.29) is 25.5 Å². The first-order valence-electron chi connectivity index (χ1n) is 5.98. The Kier molecular flexibility index (Phi) is 9.56. The third-order valence-electron chi connectivity index (χ3n) is 2.72. The largest absolute Gasteiger partial charge is 0.469 e. The number of nitrogens with zero attached hydrogens (tertiary/aromatic N) is 1. The zero-order valence-corrected chi connectivity index (χ0v) is 14.7. The fraction of sp³-hybridized carbons (Fsp3) is 0.900. The van der Waals surface area contributed by atoms with E-state index in [1.54, 1.807) is 0 Å². The normalized spacial score (nSPS) is 12.7. The van der Waals surface area contributed by atoms with Crippen LogP contribution in [0.4, 0.5) is 0 Å². The molecule has 0 saturated heterocycles. The van der Waals surface area contributed by atoms with Gasteiger partial charge < -0.3 is 22.8 Å². The van der Waals surface area contributed by atoms with Gasteiger partial charge in [-0.25, -0.2) is 0 Å². The second kappa shape index (κ2) is 9.69. The predicted octanol–water partition coefficient (Wildman–Crippen LogP) is 1.74. The highest BCUT2D eigenvalue weighted by Gasteiger charge is 2.31. The molecule has 9 nitrogen and oxygen atoms in total. The van der Waals surface area contributed by atoms with Crippen molar-refractivity contribution < 1.29 is 36.8 Å². The molecule has 0 bridgehead atoms. The molecule has 0 fully saturated rings. The average Bonchev–Trinajstić information content (AvgIpc) is 2.51. The number of rotatable bonds is 11. The third-order valence-corrected chi connectivity index (χ3v) is 6.44. The Morgan fingerprint density at radius 3 is 1.52 bits per heavy atom. The molecule has 21 heavy (non-hydrogen) atoms. The van der Waals surface area contributed by atoms with Crippen LogP contribution in [0.25, 0.3) is 0 Å². The van der Waals surface area contributed by atoms with Gasteiger partial charge in [0, 0.05) is 35.0 Å². The van der Waals surface area contributed by atoms with Gasteiger partial charge in [-0.15, -0.1) is 0 Å². The van der Waals surface area contributed by atoms with Gasteiger partial charge >= 0.3 is 21.2 Å². The minimum absolute atomic E-state index is 0.0252. The van der Waals surface area contributed by atoms with Crippen molar-refractivity contribution >= 4 is 21.2 Å². The van der Waals surface area contributed by atoms with Gasteiger partial charge in [0.15, 0.2) is 0 Å². The monoisotopic (exact) mass is 347 g/mol. The van der Waals surface area contributed by atoms with Crippen LogP contribution in [0.15, 0.2) is 0 Å². The Balaban J connectivity index is 4.96. The smallest absolute Gasteiger partial charge is 0.344 e. The van der Waals surface area contributed by atoms with E-state index < -0.39 is 21.2 Å². The zero-order valence-electron chi connectivity index (χ0n) is 12.9. The number of esters is 1. The summed E-state index contributed by atoms with van der Waals surface area (Å²) >= 11 is 0. The van der Waals surface area contributed by atoms with Crippen molar-refractivity contribution in [1.29, 1.82) is 0 Å². The zero-order chi connectivity index (χ0) is 16.5. The van der Waals surface area contributed by atoms with Gasteiger partial charge in [0.25, 0.3) is 0 Å². The SMILES string of the molecule is COC(=O)CCN(CP(=O)(OC)OC)CP(=O)(OC)OC. The van der Waals surface area contributed by atoms with Crippen molar-refractivity contribution in [2.75, 3.05) is 54.7 Å². The topological polar surface area (TPSA) is 101 Å². The van der Waals surface area contributed by atoms with Gasteiger partial charge in [0.1, 0.15) is 12.6 Å². The first-order valence-corrected chi connectivity index (χ1v) is 9.44. The Hall–Kier alpha value is -0.270. The van der Waals surface area contributed by atoms with Crippen LogP contribution in [0, 0.1) is 0 Å². The summed E-state index contributed by atoms with van der Waals surface area (Å²) in [5, 5.41) is 0. The van der Waals surface area contributed by atoms with Crippen molar-refractivity contribution in [3.05, 3.63) is 0 Å². The van der Waals surface area contributed by atoms with E-state index in [1.165, 1.54) is 40.4 Å². The maximum atomic E-state index is 12.2. The van der Waals surface area contributed by atoms with Crippen molar-refractivity contribution in [3.63, 3.8) is 0 Å². The summed E-state index contributed by atoms with van der Waals surface area (Å²) in [4.78, 5) is 12.7. The van der Waals surface area contributed by atoms with E-state index in [1.807, 2.05) is 0 Å².